The molecule has 0 aliphatic rings. The van der Waals surface area contributed by atoms with Gasteiger partial charge in [0.15, 0.2) is 0 Å². The third-order valence-electron chi connectivity index (χ3n) is 1.78. The largest absolute Gasteiger partial charge is 0.465 e. The minimum atomic E-state index is -0.857. The van der Waals surface area contributed by atoms with Gasteiger partial charge in [-0.3, -0.25) is 10.1 Å². The van der Waals surface area contributed by atoms with Gasteiger partial charge in [-0.05, 0) is 28.1 Å². The molecule has 0 amide bonds. The number of methoxy groups -OCH3 is 1. The van der Waals surface area contributed by atoms with Crippen LogP contribution in [0.2, 0.25) is 0 Å². The molecule has 0 fully saturated rings. The molecule has 0 heterocycles. The van der Waals surface area contributed by atoms with Crippen LogP contribution in [0.1, 0.15) is 15.9 Å². The van der Waals surface area contributed by atoms with Crippen LogP contribution in [0.3, 0.4) is 0 Å². The van der Waals surface area contributed by atoms with Gasteiger partial charge in [0.2, 0.25) is 0 Å². The Bertz CT molecular complexity index is 507. The zero-order valence-corrected chi connectivity index (χ0v) is 9.65. The van der Waals surface area contributed by atoms with Crippen LogP contribution < -0.4 is 0 Å². The van der Waals surface area contributed by atoms with Gasteiger partial charge in [-0.15, -0.1) is 0 Å². The first kappa shape index (κ1) is 12.1. The fourth-order valence-corrected chi connectivity index (χ4v) is 1.72. The number of rotatable bonds is 2. The molecule has 0 unspecified atom stereocenters. The zero-order valence-electron chi connectivity index (χ0n) is 8.06. The fraction of sp³-hybridized carbons (Fsp3) is 0.111. The summed E-state index contributed by atoms with van der Waals surface area (Å²) in [5.41, 5.74) is -0.526. The fourth-order valence-electron chi connectivity index (χ4n) is 1.11. The van der Waals surface area contributed by atoms with Crippen molar-refractivity contribution in [2.24, 2.45) is 0 Å². The quantitative estimate of drug-likeness (QED) is 0.470. The van der Waals surface area contributed by atoms with E-state index in [2.05, 4.69) is 20.7 Å². The molecule has 0 radical (unpaired) electrons. The highest BCUT2D eigenvalue weighted by molar-refractivity contribution is 9.10. The van der Waals surface area contributed by atoms with Crippen LogP contribution in [0.5, 0.6) is 0 Å². The average molecular weight is 285 g/mol. The number of nitro groups is 1. The van der Waals surface area contributed by atoms with Gasteiger partial charge in [0.25, 0.3) is 5.69 Å². The summed E-state index contributed by atoms with van der Waals surface area (Å²) in [7, 11) is 1.11. The Kier molecular flexibility index (Phi) is 3.58. The first-order valence-electron chi connectivity index (χ1n) is 3.97. The highest BCUT2D eigenvalue weighted by Gasteiger charge is 2.25. The lowest BCUT2D eigenvalue weighted by atomic mass is 10.1. The molecule has 1 aromatic rings. The highest BCUT2D eigenvalue weighted by Crippen LogP contribution is 2.30. The van der Waals surface area contributed by atoms with Crippen LogP contribution in [0.4, 0.5) is 5.69 Å². The molecule has 0 aliphatic carbocycles. The average Bonchev–Trinajstić information content (AvgIpc) is 2.26. The number of ether oxygens (including phenoxy) is 1. The number of carbonyl (C=O) groups is 1. The van der Waals surface area contributed by atoms with Crippen LogP contribution in [-0.4, -0.2) is 18.0 Å². The van der Waals surface area contributed by atoms with Gasteiger partial charge >= 0.3 is 5.97 Å². The molecule has 1 rings (SSSR count). The second kappa shape index (κ2) is 4.72. The van der Waals surface area contributed by atoms with Crippen LogP contribution in [-0.2, 0) is 4.74 Å². The summed E-state index contributed by atoms with van der Waals surface area (Å²) >= 11 is 2.94. The Hall–Kier alpha value is -1.94. The van der Waals surface area contributed by atoms with E-state index in [9.17, 15) is 14.9 Å². The number of halogens is 1. The summed E-state index contributed by atoms with van der Waals surface area (Å²) in [6, 6.07) is 4.18. The SMILES string of the molecule is COC(=O)c1cc(C#N)cc(Br)c1[N+](=O)[O-]. The van der Waals surface area contributed by atoms with Crippen molar-refractivity contribution in [3.8, 4) is 6.07 Å². The van der Waals surface area contributed by atoms with Crippen molar-refractivity contribution in [3.63, 3.8) is 0 Å². The predicted octanol–water partition coefficient (Wildman–Crippen LogP) is 2.02. The van der Waals surface area contributed by atoms with E-state index in [0.29, 0.717) is 0 Å². The number of nitro benzene ring substituents is 1. The monoisotopic (exact) mass is 284 g/mol. The molecule has 0 N–H and O–H groups in total. The Morgan fingerprint density at radius 2 is 2.25 bits per heavy atom. The van der Waals surface area contributed by atoms with Crippen molar-refractivity contribution in [2.45, 2.75) is 0 Å². The van der Waals surface area contributed by atoms with E-state index in [1.165, 1.54) is 6.07 Å². The number of hydrogen-bond donors (Lipinski definition) is 0. The van der Waals surface area contributed by atoms with Crippen LogP contribution in [0.15, 0.2) is 16.6 Å². The molecule has 0 aliphatic heterocycles. The van der Waals surface area contributed by atoms with E-state index in [1.807, 2.05) is 0 Å². The first-order chi connectivity index (χ1) is 7.51. The molecule has 82 valence electrons. The van der Waals surface area contributed by atoms with Crippen molar-refractivity contribution in [3.05, 3.63) is 37.8 Å². The number of benzene rings is 1. The summed E-state index contributed by atoms with van der Waals surface area (Å²) < 4.78 is 4.47. The summed E-state index contributed by atoms with van der Waals surface area (Å²) in [5, 5.41) is 19.4. The van der Waals surface area contributed by atoms with Crippen molar-refractivity contribution in [1.29, 1.82) is 5.26 Å². The Balaban J connectivity index is 3.54. The molecule has 6 nitrogen and oxygen atoms in total. The summed E-state index contributed by atoms with van der Waals surface area (Å²) in [6.45, 7) is 0. The normalized spacial score (nSPS) is 9.31. The molecule has 7 heteroatoms. The van der Waals surface area contributed by atoms with Gasteiger partial charge < -0.3 is 4.74 Å². The van der Waals surface area contributed by atoms with E-state index in [0.717, 1.165) is 13.2 Å². The first-order valence-corrected chi connectivity index (χ1v) is 4.77. The minimum Gasteiger partial charge on any atom is -0.465 e. The van der Waals surface area contributed by atoms with Crippen LogP contribution in [0, 0.1) is 21.4 Å². The lowest BCUT2D eigenvalue weighted by Gasteiger charge is -2.03. The molecule has 0 spiro atoms. The van der Waals surface area contributed by atoms with Crippen molar-refractivity contribution in [1.82, 2.24) is 0 Å². The number of nitriles is 1. The molecule has 16 heavy (non-hydrogen) atoms. The molecular weight excluding hydrogens is 280 g/mol. The lowest BCUT2D eigenvalue weighted by Crippen LogP contribution is -2.06. The molecule has 0 aromatic heterocycles. The number of hydrogen-bond acceptors (Lipinski definition) is 5. The Morgan fingerprint density at radius 1 is 1.62 bits per heavy atom. The molecular formula is C9H5BrN2O4. The Morgan fingerprint density at radius 3 is 2.69 bits per heavy atom. The van der Waals surface area contributed by atoms with Gasteiger partial charge in [0.05, 0.1) is 28.1 Å². The van der Waals surface area contributed by atoms with E-state index in [1.54, 1.807) is 6.07 Å². The van der Waals surface area contributed by atoms with E-state index in [-0.39, 0.29) is 15.6 Å². The molecule has 0 saturated carbocycles. The second-order valence-corrected chi connectivity index (χ2v) is 3.57. The molecule has 0 bridgehead atoms. The summed E-state index contributed by atoms with van der Waals surface area (Å²) in [4.78, 5) is 21.3. The van der Waals surface area contributed by atoms with Gasteiger partial charge in [0.1, 0.15) is 5.56 Å². The van der Waals surface area contributed by atoms with Crippen molar-refractivity contribution >= 4 is 27.6 Å². The summed E-state index contributed by atoms with van der Waals surface area (Å²) in [6.07, 6.45) is 0. The molecule has 0 saturated heterocycles. The van der Waals surface area contributed by atoms with Gasteiger partial charge in [-0.2, -0.15) is 5.26 Å². The third kappa shape index (κ3) is 2.17. The smallest absolute Gasteiger partial charge is 0.344 e. The van der Waals surface area contributed by atoms with Crippen LogP contribution >= 0.6 is 15.9 Å². The molecule has 0 atom stereocenters. The molecule has 1 aromatic carbocycles. The summed E-state index contributed by atoms with van der Waals surface area (Å²) in [5.74, 6) is -0.857. The third-order valence-corrected chi connectivity index (χ3v) is 2.38. The van der Waals surface area contributed by atoms with Gasteiger partial charge in [-0.1, -0.05) is 0 Å². The van der Waals surface area contributed by atoms with Crippen LogP contribution in [0.25, 0.3) is 0 Å². The minimum absolute atomic E-state index is 0.0666. The van der Waals surface area contributed by atoms with Gasteiger partial charge in [-0.25, -0.2) is 4.79 Å². The topological polar surface area (TPSA) is 93.2 Å². The van der Waals surface area contributed by atoms with E-state index >= 15 is 0 Å². The lowest BCUT2D eigenvalue weighted by molar-refractivity contribution is -0.386. The number of carbonyl (C=O) groups excluding carboxylic acids is 1. The number of nitrogens with zero attached hydrogens (tertiary/aromatic N) is 2. The maximum absolute atomic E-state index is 11.3. The van der Waals surface area contributed by atoms with Gasteiger partial charge in [0, 0.05) is 0 Å². The standard InChI is InChI=1S/C9H5BrN2O4/c1-16-9(13)6-2-5(4-11)3-7(10)8(6)12(14)15/h2-3H,1H3. The Labute approximate surface area is 98.7 Å². The predicted molar refractivity (Wildman–Crippen MR) is 56.9 cm³/mol. The van der Waals surface area contributed by atoms with Crippen molar-refractivity contribution in [2.75, 3.05) is 7.11 Å². The van der Waals surface area contributed by atoms with E-state index in [4.69, 9.17) is 5.26 Å². The van der Waals surface area contributed by atoms with E-state index < -0.39 is 16.6 Å². The maximum Gasteiger partial charge on any atom is 0.344 e. The second-order valence-electron chi connectivity index (χ2n) is 2.71. The van der Waals surface area contributed by atoms with Crippen molar-refractivity contribution < 1.29 is 14.5 Å². The maximum atomic E-state index is 11.3. The zero-order chi connectivity index (χ0) is 12.3. The highest BCUT2D eigenvalue weighted by atomic mass is 79.9. The number of esters is 1.